The quantitative estimate of drug-likeness (QED) is 0.512. The highest BCUT2D eigenvalue weighted by atomic mass is 16.5. The summed E-state index contributed by atoms with van der Waals surface area (Å²) >= 11 is 0. The second-order valence-corrected chi connectivity index (χ2v) is 9.79. The topological polar surface area (TPSA) is 119 Å². The molecular weight excluding hydrogens is 488 g/mol. The average Bonchev–Trinajstić information content (AvgIpc) is 2.93. The van der Waals surface area contributed by atoms with E-state index in [0.717, 1.165) is 18.0 Å². The van der Waals surface area contributed by atoms with Crippen LogP contribution in [0.2, 0.25) is 0 Å². The summed E-state index contributed by atoms with van der Waals surface area (Å²) in [6.07, 6.45) is 0.222. The van der Waals surface area contributed by atoms with Gasteiger partial charge in [0.05, 0.1) is 5.56 Å². The molecule has 2 N–H and O–H groups in total. The van der Waals surface area contributed by atoms with Crippen LogP contribution in [-0.2, 0) is 11.3 Å². The molecule has 4 amide bonds. The first-order valence-electron chi connectivity index (χ1n) is 12.9. The van der Waals surface area contributed by atoms with E-state index in [1.807, 2.05) is 25.8 Å². The van der Waals surface area contributed by atoms with E-state index < -0.39 is 23.6 Å². The molecule has 1 unspecified atom stereocenters. The van der Waals surface area contributed by atoms with Gasteiger partial charge in [0.1, 0.15) is 11.2 Å². The number of carbonyl (C=O) groups is 4. The first-order chi connectivity index (χ1) is 18.2. The van der Waals surface area contributed by atoms with Gasteiger partial charge in [0, 0.05) is 38.3 Å². The first kappa shape index (κ1) is 27.1. The largest absolute Gasteiger partial charge is 0.478 e. The smallest absolute Gasteiger partial charge is 0.335 e. The molecule has 38 heavy (non-hydrogen) atoms. The van der Waals surface area contributed by atoms with Crippen LogP contribution in [0.15, 0.2) is 48.5 Å². The van der Waals surface area contributed by atoms with Gasteiger partial charge in [-0.2, -0.15) is 0 Å². The molecule has 0 spiro atoms. The summed E-state index contributed by atoms with van der Waals surface area (Å²) in [7, 11) is 2.04. The summed E-state index contributed by atoms with van der Waals surface area (Å²) in [6, 6.07) is 12.4. The molecule has 2 heterocycles. The molecular formula is C28H34N4O6. The van der Waals surface area contributed by atoms with Crippen molar-refractivity contribution in [3.8, 4) is 5.75 Å². The minimum Gasteiger partial charge on any atom is -0.478 e. The minimum atomic E-state index is -1.03. The van der Waals surface area contributed by atoms with Gasteiger partial charge in [0.25, 0.3) is 5.91 Å². The Balaban J connectivity index is 1.43. The molecule has 0 radical (unpaired) electrons. The number of β-lactam (4-membered cyclic amide) rings is 1. The molecule has 10 heteroatoms. The fraction of sp³-hybridized carbons (Fsp3) is 0.429. The van der Waals surface area contributed by atoms with E-state index in [1.165, 1.54) is 12.1 Å². The van der Waals surface area contributed by atoms with Gasteiger partial charge in [0.2, 0.25) is 5.91 Å². The highest BCUT2D eigenvalue weighted by molar-refractivity contribution is 6.03. The Hall–Kier alpha value is -3.92. The monoisotopic (exact) mass is 522 g/mol. The fourth-order valence-electron chi connectivity index (χ4n) is 4.92. The molecule has 2 aromatic rings. The lowest BCUT2D eigenvalue weighted by atomic mass is 9.72. The number of piperazine rings is 1. The Bertz CT molecular complexity index is 1180. The van der Waals surface area contributed by atoms with Gasteiger partial charge < -0.3 is 25.0 Å². The number of urea groups is 1. The van der Waals surface area contributed by atoms with Crippen molar-refractivity contribution in [1.82, 2.24) is 20.0 Å². The number of benzene rings is 2. The van der Waals surface area contributed by atoms with Gasteiger partial charge in [-0.1, -0.05) is 26.0 Å². The highest BCUT2D eigenvalue weighted by Crippen LogP contribution is 2.46. The molecule has 2 aromatic carbocycles. The van der Waals surface area contributed by atoms with Crippen molar-refractivity contribution < 1.29 is 29.0 Å². The predicted octanol–water partition coefficient (Wildman–Crippen LogP) is 3.04. The lowest BCUT2D eigenvalue weighted by Crippen LogP contribution is -2.73. The van der Waals surface area contributed by atoms with Gasteiger partial charge in [-0.15, -0.1) is 0 Å². The van der Waals surface area contributed by atoms with Crippen LogP contribution < -0.4 is 10.1 Å². The second kappa shape index (κ2) is 11.2. The first-order valence-corrected chi connectivity index (χ1v) is 12.9. The number of ether oxygens (including phenoxy) is 1. The molecule has 0 saturated carbocycles. The number of nitrogens with one attached hydrogen (secondary N) is 1. The molecule has 2 aliphatic rings. The summed E-state index contributed by atoms with van der Waals surface area (Å²) in [4.78, 5) is 55.2. The molecule has 0 aliphatic carbocycles. The number of likely N-dealkylation sites (N-methyl/N-ethyl adjacent to an activating group) is 1. The highest BCUT2D eigenvalue weighted by Gasteiger charge is 2.62. The molecule has 2 aliphatic heterocycles. The van der Waals surface area contributed by atoms with Gasteiger partial charge >= 0.3 is 12.0 Å². The normalized spacial score (nSPS) is 19.0. The summed E-state index contributed by atoms with van der Waals surface area (Å²) < 4.78 is 6.19. The van der Waals surface area contributed by atoms with Crippen molar-refractivity contribution in [2.24, 2.45) is 5.41 Å². The number of rotatable bonds is 8. The van der Waals surface area contributed by atoms with E-state index in [1.54, 1.807) is 36.4 Å². The number of nitrogens with zero attached hydrogens (tertiary/aromatic N) is 3. The lowest BCUT2D eigenvalue weighted by molar-refractivity contribution is -0.190. The van der Waals surface area contributed by atoms with Crippen LogP contribution in [0.25, 0.3) is 0 Å². The summed E-state index contributed by atoms with van der Waals surface area (Å²) in [5.41, 5.74) is 0.590. The lowest BCUT2D eigenvalue weighted by Gasteiger charge is -2.53. The number of aromatic carboxylic acids is 1. The third-order valence-electron chi connectivity index (χ3n) is 7.62. The van der Waals surface area contributed by atoms with Crippen molar-refractivity contribution >= 4 is 23.8 Å². The van der Waals surface area contributed by atoms with Crippen LogP contribution in [0.5, 0.6) is 5.75 Å². The Kier molecular flexibility index (Phi) is 8.01. The SMILES string of the molecule is CCC1(CC)C(=O)N(C(=O)NCc2ccc(C(=O)O)cc2)C1Oc1ccc(C(=O)N2CCN(C)CC2)cc1. The van der Waals surface area contributed by atoms with E-state index in [0.29, 0.717) is 42.8 Å². The van der Waals surface area contributed by atoms with Gasteiger partial charge in [0.15, 0.2) is 6.23 Å². The van der Waals surface area contributed by atoms with Crippen LogP contribution in [0.3, 0.4) is 0 Å². The zero-order valence-corrected chi connectivity index (χ0v) is 22.0. The Morgan fingerprint density at radius 2 is 1.53 bits per heavy atom. The van der Waals surface area contributed by atoms with E-state index in [-0.39, 0.29) is 23.9 Å². The zero-order valence-electron chi connectivity index (χ0n) is 22.0. The van der Waals surface area contributed by atoms with E-state index >= 15 is 0 Å². The molecule has 2 saturated heterocycles. The van der Waals surface area contributed by atoms with E-state index in [2.05, 4.69) is 10.2 Å². The number of carboxylic acid groups (broad SMARTS) is 1. The molecule has 4 rings (SSSR count). The molecule has 1 atom stereocenters. The maximum Gasteiger partial charge on any atom is 0.335 e. The average molecular weight is 523 g/mol. The Morgan fingerprint density at radius 3 is 2.08 bits per heavy atom. The molecule has 202 valence electrons. The maximum atomic E-state index is 13.1. The maximum absolute atomic E-state index is 13.1. The number of hydrogen-bond acceptors (Lipinski definition) is 6. The van der Waals surface area contributed by atoms with Gasteiger partial charge in [-0.25, -0.2) is 14.5 Å². The van der Waals surface area contributed by atoms with Crippen LogP contribution >= 0.6 is 0 Å². The molecule has 10 nitrogen and oxygen atoms in total. The zero-order chi connectivity index (χ0) is 27.4. The summed E-state index contributed by atoms with van der Waals surface area (Å²) in [5.74, 6) is -0.893. The third-order valence-corrected chi connectivity index (χ3v) is 7.62. The predicted molar refractivity (Wildman–Crippen MR) is 140 cm³/mol. The van der Waals surface area contributed by atoms with Crippen molar-refractivity contribution in [2.75, 3.05) is 33.2 Å². The number of likely N-dealkylation sites (tertiary alicyclic amines) is 1. The van der Waals surface area contributed by atoms with Crippen molar-refractivity contribution in [3.63, 3.8) is 0 Å². The van der Waals surface area contributed by atoms with Crippen molar-refractivity contribution in [1.29, 1.82) is 0 Å². The molecule has 0 aromatic heterocycles. The second-order valence-electron chi connectivity index (χ2n) is 9.79. The molecule has 2 fully saturated rings. The van der Waals surface area contributed by atoms with E-state index in [4.69, 9.17) is 9.84 Å². The fourth-order valence-corrected chi connectivity index (χ4v) is 4.92. The Morgan fingerprint density at radius 1 is 0.947 bits per heavy atom. The number of hydrogen-bond donors (Lipinski definition) is 2. The van der Waals surface area contributed by atoms with Crippen LogP contribution in [0.1, 0.15) is 53.0 Å². The Labute approximate surface area is 222 Å². The van der Waals surface area contributed by atoms with E-state index in [9.17, 15) is 19.2 Å². The minimum absolute atomic E-state index is 0.0303. The van der Waals surface area contributed by atoms with Crippen LogP contribution in [0, 0.1) is 5.41 Å². The molecule has 0 bridgehead atoms. The number of amides is 4. The number of carbonyl (C=O) groups excluding carboxylic acids is 3. The van der Waals surface area contributed by atoms with Crippen molar-refractivity contribution in [3.05, 3.63) is 65.2 Å². The van der Waals surface area contributed by atoms with Crippen LogP contribution in [-0.4, -0.2) is 83.1 Å². The van der Waals surface area contributed by atoms with Crippen LogP contribution in [0.4, 0.5) is 4.79 Å². The van der Waals surface area contributed by atoms with Gasteiger partial charge in [-0.05, 0) is 61.9 Å². The third kappa shape index (κ3) is 5.22. The number of imide groups is 1. The number of carboxylic acids is 1. The summed E-state index contributed by atoms with van der Waals surface area (Å²) in [5, 5.41) is 11.8. The van der Waals surface area contributed by atoms with Gasteiger partial charge in [-0.3, -0.25) is 9.59 Å². The summed E-state index contributed by atoms with van der Waals surface area (Å²) in [6.45, 7) is 6.96. The standard InChI is InChI=1S/C28H34N4O6/c1-4-28(5-2)25(36)32(27(37)29-18-19-6-8-21(9-7-19)24(34)35)26(28)38-22-12-10-20(11-13-22)23(33)31-16-14-30(3)15-17-31/h6-13,26H,4-5,14-18H2,1-3H3,(H,29,37)(H,34,35). The van der Waals surface area contributed by atoms with Crippen molar-refractivity contribution in [2.45, 2.75) is 39.5 Å².